The smallest absolute Gasteiger partial charge is 0.120 e. The topological polar surface area (TPSA) is 17.1 Å². The molecule has 0 amide bonds. The van der Waals surface area contributed by atoms with Gasteiger partial charge in [0.05, 0.1) is 0 Å². The first-order valence-electron chi connectivity index (χ1n) is 7.24. The van der Waals surface area contributed by atoms with Crippen molar-refractivity contribution < 1.29 is 4.79 Å². The molecule has 1 heteroatoms. The summed E-state index contributed by atoms with van der Waals surface area (Å²) in [5.41, 5.74) is 2.89. The summed E-state index contributed by atoms with van der Waals surface area (Å²) in [6.07, 6.45) is 7.00. The van der Waals surface area contributed by atoms with Crippen LogP contribution in [-0.4, -0.2) is 6.29 Å². The lowest BCUT2D eigenvalue weighted by Gasteiger charge is -2.29. The molecule has 1 saturated carbocycles. The summed E-state index contributed by atoms with van der Waals surface area (Å²) in [6, 6.07) is 8.73. The second-order valence-corrected chi connectivity index (χ2v) is 5.89. The third kappa shape index (κ3) is 3.01. The lowest BCUT2D eigenvalue weighted by molar-refractivity contribution is -0.108. The Morgan fingerprint density at radius 3 is 2.56 bits per heavy atom. The largest absolute Gasteiger partial charge is 0.303 e. The molecule has 0 N–H and O–H groups in total. The summed E-state index contributed by atoms with van der Waals surface area (Å²) in [5, 5.41) is 0. The van der Waals surface area contributed by atoms with E-state index in [-0.39, 0.29) is 0 Å². The van der Waals surface area contributed by atoms with Crippen molar-refractivity contribution in [3.05, 3.63) is 35.4 Å². The number of benzene rings is 1. The zero-order valence-electron chi connectivity index (χ0n) is 11.6. The van der Waals surface area contributed by atoms with Crippen LogP contribution in [0.25, 0.3) is 0 Å². The van der Waals surface area contributed by atoms with E-state index in [1.54, 1.807) is 0 Å². The Kier molecular flexibility index (Phi) is 4.57. The van der Waals surface area contributed by atoms with Gasteiger partial charge in [0, 0.05) is 6.42 Å². The van der Waals surface area contributed by atoms with E-state index in [1.807, 2.05) is 0 Å². The number of carbonyl (C=O) groups is 1. The van der Waals surface area contributed by atoms with E-state index in [4.69, 9.17) is 0 Å². The van der Waals surface area contributed by atoms with Crippen molar-refractivity contribution in [2.24, 2.45) is 5.92 Å². The predicted octanol–water partition coefficient (Wildman–Crippen LogP) is 4.67. The molecule has 0 aromatic heterocycles. The Bertz CT molecular complexity index is 388. The second kappa shape index (κ2) is 6.17. The first kappa shape index (κ1) is 13.3. The quantitative estimate of drug-likeness (QED) is 0.703. The van der Waals surface area contributed by atoms with E-state index < -0.39 is 0 Å². The lowest BCUT2D eigenvalue weighted by atomic mass is 9.76. The van der Waals surface area contributed by atoms with Crippen LogP contribution in [0.2, 0.25) is 0 Å². The van der Waals surface area contributed by atoms with Gasteiger partial charge in [-0.2, -0.15) is 0 Å². The zero-order valence-corrected chi connectivity index (χ0v) is 11.6. The summed E-state index contributed by atoms with van der Waals surface area (Å²) in [4.78, 5) is 10.7. The van der Waals surface area contributed by atoms with Gasteiger partial charge in [-0.25, -0.2) is 0 Å². The van der Waals surface area contributed by atoms with E-state index in [9.17, 15) is 4.79 Å². The summed E-state index contributed by atoms with van der Waals surface area (Å²) >= 11 is 0. The standard InChI is InChI=1S/C17H24O/c1-13-7-9-15(10-8-13)17-6-4-3-5-16(17)14(2)11-12-18/h3-6,12-15H,7-11H2,1-2H3. The number of aldehydes is 1. The Hall–Kier alpha value is -1.11. The van der Waals surface area contributed by atoms with Crippen LogP contribution in [0, 0.1) is 5.92 Å². The maximum Gasteiger partial charge on any atom is 0.120 e. The van der Waals surface area contributed by atoms with Crippen LogP contribution in [0.5, 0.6) is 0 Å². The highest BCUT2D eigenvalue weighted by Crippen LogP contribution is 2.38. The van der Waals surface area contributed by atoms with Gasteiger partial charge in [0.2, 0.25) is 0 Å². The van der Waals surface area contributed by atoms with Gasteiger partial charge in [-0.3, -0.25) is 0 Å². The molecule has 0 heterocycles. The van der Waals surface area contributed by atoms with Crippen molar-refractivity contribution in [1.82, 2.24) is 0 Å². The summed E-state index contributed by atoms with van der Waals surface area (Å²) in [6.45, 7) is 4.52. The summed E-state index contributed by atoms with van der Waals surface area (Å²) < 4.78 is 0. The lowest BCUT2D eigenvalue weighted by Crippen LogP contribution is -2.13. The summed E-state index contributed by atoms with van der Waals surface area (Å²) in [5.74, 6) is 1.96. The Morgan fingerprint density at radius 1 is 1.22 bits per heavy atom. The van der Waals surface area contributed by atoms with Crippen molar-refractivity contribution in [2.75, 3.05) is 0 Å². The number of hydrogen-bond acceptors (Lipinski definition) is 1. The SMILES string of the molecule is CC1CCC(c2ccccc2C(C)CC=O)CC1. The molecule has 0 radical (unpaired) electrons. The van der Waals surface area contributed by atoms with Gasteiger partial charge in [0.15, 0.2) is 0 Å². The molecule has 2 rings (SSSR count). The highest BCUT2D eigenvalue weighted by molar-refractivity contribution is 5.52. The first-order valence-corrected chi connectivity index (χ1v) is 7.24. The van der Waals surface area contributed by atoms with Gasteiger partial charge in [-0.1, -0.05) is 51.0 Å². The maximum atomic E-state index is 10.7. The molecule has 1 aromatic carbocycles. The Labute approximate surface area is 111 Å². The van der Waals surface area contributed by atoms with E-state index in [0.29, 0.717) is 18.3 Å². The average Bonchev–Trinajstić information content (AvgIpc) is 2.40. The molecule has 1 nitrogen and oxygen atoms in total. The minimum absolute atomic E-state index is 0.359. The third-order valence-electron chi connectivity index (χ3n) is 4.43. The molecule has 1 aliphatic carbocycles. The van der Waals surface area contributed by atoms with Gasteiger partial charge in [-0.05, 0) is 41.7 Å². The van der Waals surface area contributed by atoms with E-state index in [2.05, 4.69) is 38.1 Å². The molecule has 0 saturated heterocycles. The normalized spacial score (nSPS) is 25.7. The molecular weight excluding hydrogens is 220 g/mol. The zero-order chi connectivity index (χ0) is 13.0. The molecule has 0 spiro atoms. The van der Waals surface area contributed by atoms with Crippen LogP contribution in [0.4, 0.5) is 0 Å². The highest BCUT2D eigenvalue weighted by atomic mass is 16.1. The van der Waals surface area contributed by atoms with Gasteiger partial charge in [0.25, 0.3) is 0 Å². The fourth-order valence-corrected chi connectivity index (χ4v) is 3.17. The van der Waals surface area contributed by atoms with Gasteiger partial charge in [-0.15, -0.1) is 0 Å². The van der Waals surface area contributed by atoms with Crippen LogP contribution in [0.15, 0.2) is 24.3 Å². The molecule has 18 heavy (non-hydrogen) atoms. The minimum Gasteiger partial charge on any atom is -0.303 e. The van der Waals surface area contributed by atoms with Gasteiger partial charge in [0.1, 0.15) is 6.29 Å². The van der Waals surface area contributed by atoms with E-state index in [1.165, 1.54) is 36.8 Å². The third-order valence-corrected chi connectivity index (χ3v) is 4.43. The Balaban J connectivity index is 2.19. The molecule has 0 aliphatic heterocycles. The molecule has 1 unspecified atom stereocenters. The fraction of sp³-hybridized carbons (Fsp3) is 0.588. The van der Waals surface area contributed by atoms with Crippen LogP contribution in [0.3, 0.4) is 0 Å². The van der Waals surface area contributed by atoms with Crippen LogP contribution in [-0.2, 0) is 4.79 Å². The first-order chi connectivity index (χ1) is 8.72. The van der Waals surface area contributed by atoms with Crippen LogP contribution in [0.1, 0.15) is 68.9 Å². The van der Waals surface area contributed by atoms with Crippen molar-refractivity contribution in [3.8, 4) is 0 Å². The number of hydrogen-bond donors (Lipinski definition) is 0. The molecule has 1 atom stereocenters. The Morgan fingerprint density at radius 2 is 1.89 bits per heavy atom. The number of carbonyl (C=O) groups excluding carboxylic acids is 1. The van der Waals surface area contributed by atoms with Crippen molar-refractivity contribution in [1.29, 1.82) is 0 Å². The second-order valence-electron chi connectivity index (χ2n) is 5.89. The van der Waals surface area contributed by atoms with Gasteiger partial charge >= 0.3 is 0 Å². The van der Waals surface area contributed by atoms with Crippen LogP contribution >= 0.6 is 0 Å². The molecule has 1 aliphatic rings. The molecular formula is C17H24O. The number of rotatable bonds is 4. The van der Waals surface area contributed by atoms with E-state index in [0.717, 1.165) is 12.2 Å². The maximum absolute atomic E-state index is 10.7. The van der Waals surface area contributed by atoms with Gasteiger partial charge < -0.3 is 4.79 Å². The van der Waals surface area contributed by atoms with Crippen LogP contribution < -0.4 is 0 Å². The van der Waals surface area contributed by atoms with E-state index >= 15 is 0 Å². The minimum atomic E-state index is 0.359. The molecule has 1 fully saturated rings. The fourth-order valence-electron chi connectivity index (χ4n) is 3.17. The monoisotopic (exact) mass is 244 g/mol. The molecule has 98 valence electrons. The highest BCUT2D eigenvalue weighted by Gasteiger charge is 2.22. The molecule has 0 bridgehead atoms. The van der Waals surface area contributed by atoms with Crippen molar-refractivity contribution >= 4 is 6.29 Å². The summed E-state index contributed by atoms with van der Waals surface area (Å²) in [7, 11) is 0. The predicted molar refractivity (Wildman–Crippen MR) is 75.9 cm³/mol. The van der Waals surface area contributed by atoms with Crippen molar-refractivity contribution in [2.45, 2.75) is 57.8 Å². The molecule has 1 aromatic rings. The average molecular weight is 244 g/mol. The van der Waals surface area contributed by atoms with Crippen molar-refractivity contribution in [3.63, 3.8) is 0 Å².